The highest BCUT2D eigenvalue weighted by molar-refractivity contribution is 5.20. The van der Waals surface area contributed by atoms with Gasteiger partial charge in [-0.05, 0) is 19.8 Å². The molecule has 1 aliphatic rings. The Bertz CT molecular complexity index is 387. The second kappa shape index (κ2) is 7.59. The second-order valence-electron chi connectivity index (χ2n) is 5.18. The van der Waals surface area contributed by atoms with Gasteiger partial charge < -0.3 is 19.3 Å². The zero-order valence-corrected chi connectivity index (χ0v) is 12.5. The highest BCUT2D eigenvalue weighted by atomic mass is 16.5. The number of anilines is 1. The van der Waals surface area contributed by atoms with E-state index in [0.29, 0.717) is 31.6 Å². The molecule has 1 saturated carbocycles. The molecule has 1 aromatic rings. The van der Waals surface area contributed by atoms with Crippen molar-refractivity contribution in [3.63, 3.8) is 0 Å². The number of nitrogens with one attached hydrogen (secondary N) is 1. The summed E-state index contributed by atoms with van der Waals surface area (Å²) < 4.78 is 16.3. The summed E-state index contributed by atoms with van der Waals surface area (Å²) in [5, 5.41) is 7.20. The summed E-state index contributed by atoms with van der Waals surface area (Å²) in [5.41, 5.74) is -0.365. The van der Waals surface area contributed by atoms with E-state index >= 15 is 0 Å². The molecule has 0 unspecified atom stereocenters. The summed E-state index contributed by atoms with van der Waals surface area (Å²) in [5.74, 6) is 0.682. The Morgan fingerprint density at radius 2 is 2.00 bits per heavy atom. The van der Waals surface area contributed by atoms with E-state index < -0.39 is 0 Å². The molecule has 0 radical (unpaired) electrons. The first-order chi connectivity index (χ1) is 9.80. The minimum atomic E-state index is -0.365. The molecule has 1 fully saturated rings. The minimum Gasteiger partial charge on any atom is -0.383 e. The molecule has 1 aromatic heterocycles. The Morgan fingerprint density at radius 3 is 2.65 bits per heavy atom. The molecule has 20 heavy (non-hydrogen) atoms. The van der Waals surface area contributed by atoms with E-state index in [9.17, 15) is 0 Å². The quantitative estimate of drug-likeness (QED) is 0.613. The van der Waals surface area contributed by atoms with Gasteiger partial charge in [0.15, 0.2) is 0 Å². The molecule has 6 nitrogen and oxygen atoms in total. The lowest BCUT2D eigenvalue weighted by Gasteiger charge is -2.29. The van der Waals surface area contributed by atoms with Crippen LogP contribution in [0.4, 0.5) is 6.01 Å². The van der Waals surface area contributed by atoms with E-state index in [-0.39, 0.29) is 5.60 Å². The monoisotopic (exact) mass is 283 g/mol. The number of ether oxygens (including phenoxy) is 2. The molecule has 0 aliphatic heterocycles. The molecule has 0 amide bonds. The van der Waals surface area contributed by atoms with Crippen molar-refractivity contribution in [3.8, 4) is 0 Å². The fourth-order valence-electron chi connectivity index (χ4n) is 2.75. The van der Waals surface area contributed by atoms with Gasteiger partial charge in [0, 0.05) is 20.3 Å². The van der Waals surface area contributed by atoms with Gasteiger partial charge in [0.05, 0.1) is 6.61 Å². The van der Waals surface area contributed by atoms with Crippen molar-refractivity contribution >= 4 is 6.01 Å². The Hall–Kier alpha value is -1.14. The lowest BCUT2D eigenvalue weighted by molar-refractivity contribution is -0.0636. The molecule has 0 atom stereocenters. The average Bonchev–Trinajstić information content (AvgIpc) is 2.80. The van der Waals surface area contributed by atoms with Gasteiger partial charge in [0.2, 0.25) is 5.82 Å². The topological polar surface area (TPSA) is 69.4 Å². The lowest BCUT2D eigenvalue weighted by Crippen LogP contribution is -2.30. The number of nitrogens with zero attached hydrogens (tertiary/aromatic N) is 2. The molecule has 2 rings (SSSR count). The first-order valence-electron chi connectivity index (χ1n) is 7.52. The van der Waals surface area contributed by atoms with Gasteiger partial charge in [-0.25, -0.2) is 0 Å². The van der Waals surface area contributed by atoms with Crippen LogP contribution in [0.2, 0.25) is 0 Å². The summed E-state index contributed by atoms with van der Waals surface area (Å²) in [6, 6.07) is 0.445. The maximum atomic E-state index is 6.04. The van der Waals surface area contributed by atoms with Crippen LogP contribution >= 0.6 is 0 Å². The number of hydrogen-bond acceptors (Lipinski definition) is 6. The van der Waals surface area contributed by atoms with Gasteiger partial charge in [0.25, 0.3) is 0 Å². The maximum absolute atomic E-state index is 6.04. The van der Waals surface area contributed by atoms with Gasteiger partial charge in [-0.1, -0.05) is 30.8 Å². The molecule has 1 aliphatic carbocycles. The lowest BCUT2D eigenvalue weighted by atomic mass is 9.93. The minimum absolute atomic E-state index is 0.365. The fraction of sp³-hybridized carbons (Fsp3) is 0.857. The van der Waals surface area contributed by atoms with Crippen LogP contribution < -0.4 is 5.32 Å². The van der Waals surface area contributed by atoms with E-state index in [1.807, 2.05) is 6.92 Å². The van der Waals surface area contributed by atoms with Gasteiger partial charge in [0.1, 0.15) is 5.60 Å². The van der Waals surface area contributed by atoms with Crippen LogP contribution in [0.3, 0.4) is 0 Å². The summed E-state index contributed by atoms with van der Waals surface area (Å²) in [7, 11) is 1.66. The van der Waals surface area contributed by atoms with Gasteiger partial charge in [-0.3, -0.25) is 0 Å². The van der Waals surface area contributed by atoms with Crippen LogP contribution in [0.5, 0.6) is 0 Å². The van der Waals surface area contributed by atoms with Crippen molar-refractivity contribution in [2.45, 2.75) is 51.0 Å². The molecular weight excluding hydrogens is 258 g/mol. The molecule has 114 valence electrons. The average molecular weight is 283 g/mol. The zero-order chi connectivity index (χ0) is 14.3. The maximum Gasteiger partial charge on any atom is 0.321 e. The Balaban J connectivity index is 2.08. The number of methoxy groups -OCH3 is 1. The van der Waals surface area contributed by atoms with Crippen molar-refractivity contribution in [2.75, 3.05) is 32.2 Å². The SMILES string of the molecule is CCOC1(c2noc(NCCOC)n2)CCCCCC1. The second-order valence-corrected chi connectivity index (χ2v) is 5.18. The third-order valence-electron chi connectivity index (χ3n) is 3.75. The summed E-state index contributed by atoms with van der Waals surface area (Å²) in [4.78, 5) is 4.47. The molecule has 0 spiro atoms. The van der Waals surface area contributed by atoms with E-state index in [1.165, 1.54) is 12.8 Å². The molecule has 6 heteroatoms. The third kappa shape index (κ3) is 3.70. The molecule has 0 bridgehead atoms. The Morgan fingerprint density at radius 1 is 1.25 bits per heavy atom. The third-order valence-corrected chi connectivity index (χ3v) is 3.75. The van der Waals surface area contributed by atoms with Crippen molar-refractivity contribution in [1.29, 1.82) is 0 Å². The van der Waals surface area contributed by atoms with Gasteiger partial charge >= 0.3 is 6.01 Å². The summed E-state index contributed by atoms with van der Waals surface area (Å²) in [6.07, 6.45) is 6.76. The molecule has 0 aromatic carbocycles. The molecular formula is C14H25N3O3. The van der Waals surface area contributed by atoms with E-state index in [2.05, 4.69) is 15.5 Å². The highest BCUT2D eigenvalue weighted by Gasteiger charge is 2.38. The van der Waals surface area contributed by atoms with Crippen molar-refractivity contribution < 1.29 is 14.0 Å². The standard InChI is InChI=1S/C14H25N3O3/c1-3-19-14(8-6-4-5-7-9-14)12-16-13(20-17-12)15-10-11-18-2/h3-11H2,1-2H3,(H,15,16,17). The predicted octanol–water partition coefficient (Wildman–Crippen LogP) is 2.71. The number of aromatic nitrogens is 2. The Labute approximate surface area is 120 Å². The predicted molar refractivity (Wildman–Crippen MR) is 75.7 cm³/mol. The Kier molecular flexibility index (Phi) is 5.79. The number of rotatable bonds is 7. The largest absolute Gasteiger partial charge is 0.383 e. The van der Waals surface area contributed by atoms with Crippen LogP contribution in [0.25, 0.3) is 0 Å². The van der Waals surface area contributed by atoms with E-state index in [1.54, 1.807) is 7.11 Å². The van der Waals surface area contributed by atoms with Crippen LogP contribution in [0.15, 0.2) is 4.52 Å². The van der Waals surface area contributed by atoms with E-state index in [4.69, 9.17) is 14.0 Å². The van der Waals surface area contributed by atoms with Crippen LogP contribution in [0.1, 0.15) is 51.3 Å². The smallest absolute Gasteiger partial charge is 0.321 e. The molecule has 1 heterocycles. The van der Waals surface area contributed by atoms with Crippen LogP contribution in [-0.2, 0) is 15.1 Å². The van der Waals surface area contributed by atoms with Gasteiger partial charge in [-0.2, -0.15) is 4.98 Å². The van der Waals surface area contributed by atoms with Crippen LogP contribution in [-0.4, -0.2) is 37.0 Å². The van der Waals surface area contributed by atoms with Crippen molar-refractivity contribution in [2.24, 2.45) is 0 Å². The zero-order valence-electron chi connectivity index (χ0n) is 12.5. The normalized spacial score (nSPS) is 18.7. The van der Waals surface area contributed by atoms with E-state index in [0.717, 1.165) is 25.7 Å². The van der Waals surface area contributed by atoms with Crippen molar-refractivity contribution in [3.05, 3.63) is 5.82 Å². The van der Waals surface area contributed by atoms with Gasteiger partial charge in [-0.15, -0.1) is 0 Å². The fourth-order valence-corrected chi connectivity index (χ4v) is 2.75. The first-order valence-corrected chi connectivity index (χ1v) is 7.52. The number of hydrogen-bond donors (Lipinski definition) is 1. The van der Waals surface area contributed by atoms with Crippen LogP contribution in [0, 0.1) is 0 Å². The first kappa shape index (κ1) is 15.3. The summed E-state index contributed by atoms with van der Waals surface area (Å²) >= 11 is 0. The molecule has 1 N–H and O–H groups in total. The van der Waals surface area contributed by atoms with Crippen molar-refractivity contribution in [1.82, 2.24) is 10.1 Å². The molecule has 0 saturated heterocycles. The highest BCUT2D eigenvalue weighted by Crippen LogP contribution is 2.38. The summed E-state index contributed by atoms with van der Waals surface area (Å²) in [6.45, 7) is 3.94.